The third kappa shape index (κ3) is 2.70. The van der Waals surface area contributed by atoms with E-state index in [1.807, 2.05) is 13.8 Å². The lowest BCUT2D eigenvalue weighted by molar-refractivity contribution is 0.490. The smallest absolute Gasteiger partial charge is 0.173 e. The maximum Gasteiger partial charge on any atom is 0.173 e. The van der Waals surface area contributed by atoms with E-state index in [2.05, 4.69) is 9.98 Å². The Morgan fingerprint density at radius 2 is 1.80 bits per heavy atom. The lowest BCUT2D eigenvalue weighted by Crippen LogP contribution is -2.23. The van der Waals surface area contributed by atoms with Crippen LogP contribution in [0.15, 0.2) is 52.5 Å². The van der Waals surface area contributed by atoms with Gasteiger partial charge in [0, 0.05) is 22.7 Å². The number of halogens is 3. The molecule has 1 aromatic heterocycles. The number of fused-ring (bicyclic) bond motifs is 2. The predicted octanol–water partition coefficient (Wildman–Crippen LogP) is 5.33. The van der Waals surface area contributed by atoms with Crippen molar-refractivity contribution >= 4 is 28.4 Å². The van der Waals surface area contributed by atoms with Crippen molar-refractivity contribution in [2.75, 3.05) is 0 Å². The highest BCUT2D eigenvalue weighted by Crippen LogP contribution is 2.43. The van der Waals surface area contributed by atoms with Gasteiger partial charge in [0.1, 0.15) is 16.2 Å². The predicted molar refractivity (Wildman–Crippen MR) is 93.6 cm³/mol. The number of hydrogen-bond donors (Lipinski definition) is 0. The van der Waals surface area contributed by atoms with Gasteiger partial charge in [-0.3, -0.25) is 9.98 Å². The Hall–Kier alpha value is -2.34. The summed E-state index contributed by atoms with van der Waals surface area (Å²) in [5, 5.41) is 0.625. The number of pyridine rings is 1. The molecule has 0 aliphatic carbocycles. The third-order valence-electron chi connectivity index (χ3n) is 3.97. The molecule has 25 heavy (non-hydrogen) atoms. The molecule has 0 amide bonds. The molecule has 0 N–H and O–H groups in total. The Morgan fingerprint density at radius 1 is 1.00 bits per heavy atom. The Labute approximate surface area is 146 Å². The molecule has 4 rings (SSSR count). The minimum absolute atomic E-state index is 0.231. The minimum Gasteiger partial charge on any atom is -0.267 e. The molecule has 0 spiro atoms. The van der Waals surface area contributed by atoms with E-state index in [9.17, 15) is 13.2 Å². The van der Waals surface area contributed by atoms with Crippen LogP contribution in [0.2, 0.25) is 0 Å². The lowest BCUT2D eigenvalue weighted by atomic mass is 10.0. The van der Waals surface area contributed by atoms with Crippen molar-refractivity contribution in [2.24, 2.45) is 4.99 Å². The SMILES string of the molecule is CC1(C)N=C(c2cnc3c(F)cccc3c2)c2ccc(F)c(F)c2S1. The largest absolute Gasteiger partial charge is 0.267 e. The van der Waals surface area contributed by atoms with Gasteiger partial charge in [0.15, 0.2) is 11.6 Å². The second-order valence-corrected chi connectivity index (χ2v) is 7.89. The molecule has 126 valence electrons. The van der Waals surface area contributed by atoms with Crippen LogP contribution in [0.4, 0.5) is 13.2 Å². The highest BCUT2D eigenvalue weighted by Gasteiger charge is 2.31. The summed E-state index contributed by atoms with van der Waals surface area (Å²) in [5.41, 5.74) is 1.94. The molecular formula is C19H13F3N2S. The Morgan fingerprint density at radius 3 is 2.60 bits per heavy atom. The number of thioether (sulfide) groups is 1. The summed E-state index contributed by atoms with van der Waals surface area (Å²) < 4.78 is 41.8. The zero-order valence-electron chi connectivity index (χ0n) is 13.5. The van der Waals surface area contributed by atoms with Crippen LogP contribution in [-0.2, 0) is 0 Å². The Kier molecular flexibility index (Phi) is 3.61. The molecule has 3 aromatic rings. The molecule has 0 unspecified atom stereocenters. The first kappa shape index (κ1) is 16.1. The van der Waals surface area contributed by atoms with Gasteiger partial charge in [0.25, 0.3) is 0 Å². The van der Waals surface area contributed by atoms with Gasteiger partial charge in [0.05, 0.1) is 10.6 Å². The molecule has 2 nitrogen and oxygen atoms in total. The highest BCUT2D eigenvalue weighted by atomic mass is 32.2. The average molecular weight is 358 g/mol. The van der Waals surface area contributed by atoms with Gasteiger partial charge in [-0.2, -0.15) is 0 Å². The molecule has 2 heterocycles. The number of aromatic nitrogens is 1. The first-order valence-electron chi connectivity index (χ1n) is 7.67. The normalized spacial score (nSPS) is 15.8. The van der Waals surface area contributed by atoms with Gasteiger partial charge < -0.3 is 0 Å². The van der Waals surface area contributed by atoms with E-state index in [0.717, 1.165) is 6.07 Å². The lowest BCUT2D eigenvalue weighted by Gasteiger charge is -2.28. The van der Waals surface area contributed by atoms with Gasteiger partial charge in [0.2, 0.25) is 0 Å². The fourth-order valence-corrected chi connectivity index (χ4v) is 3.99. The first-order chi connectivity index (χ1) is 11.9. The van der Waals surface area contributed by atoms with Crippen LogP contribution in [0.3, 0.4) is 0 Å². The van der Waals surface area contributed by atoms with Crippen molar-refractivity contribution in [2.45, 2.75) is 23.6 Å². The molecule has 0 bridgehead atoms. The number of nitrogens with zero attached hydrogens (tertiary/aromatic N) is 2. The maximum atomic E-state index is 14.3. The van der Waals surface area contributed by atoms with Gasteiger partial charge >= 0.3 is 0 Å². The average Bonchev–Trinajstić information content (AvgIpc) is 2.57. The number of para-hydroxylation sites is 1. The number of rotatable bonds is 1. The zero-order valence-corrected chi connectivity index (χ0v) is 14.3. The Bertz CT molecular complexity index is 1040. The summed E-state index contributed by atoms with van der Waals surface area (Å²) >= 11 is 1.18. The van der Waals surface area contributed by atoms with Crippen molar-refractivity contribution in [1.29, 1.82) is 0 Å². The summed E-state index contributed by atoms with van der Waals surface area (Å²) in [6.45, 7) is 3.66. The van der Waals surface area contributed by atoms with Crippen LogP contribution >= 0.6 is 11.8 Å². The molecule has 0 radical (unpaired) electrons. The second kappa shape index (κ2) is 5.59. The molecule has 6 heteroatoms. The van der Waals surface area contributed by atoms with Gasteiger partial charge in [-0.25, -0.2) is 13.2 Å². The van der Waals surface area contributed by atoms with E-state index in [1.165, 1.54) is 30.1 Å². The van der Waals surface area contributed by atoms with E-state index >= 15 is 0 Å². The third-order valence-corrected chi connectivity index (χ3v) is 5.17. The van der Waals surface area contributed by atoms with Crippen LogP contribution in [0.5, 0.6) is 0 Å². The topological polar surface area (TPSA) is 25.2 Å². The quantitative estimate of drug-likeness (QED) is 0.587. The number of benzene rings is 2. The van der Waals surface area contributed by atoms with E-state index in [1.54, 1.807) is 18.2 Å². The highest BCUT2D eigenvalue weighted by molar-refractivity contribution is 8.00. The zero-order chi connectivity index (χ0) is 17.8. The monoisotopic (exact) mass is 358 g/mol. The van der Waals surface area contributed by atoms with Crippen molar-refractivity contribution in [3.05, 3.63) is 71.2 Å². The van der Waals surface area contributed by atoms with Crippen LogP contribution in [0, 0.1) is 17.5 Å². The minimum atomic E-state index is -0.887. The van der Waals surface area contributed by atoms with Crippen molar-refractivity contribution in [3.8, 4) is 0 Å². The number of hydrogen-bond acceptors (Lipinski definition) is 3. The molecule has 1 aliphatic heterocycles. The van der Waals surface area contributed by atoms with Crippen LogP contribution in [0.25, 0.3) is 10.9 Å². The van der Waals surface area contributed by atoms with Crippen molar-refractivity contribution < 1.29 is 13.2 Å². The molecule has 0 saturated carbocycles. The van der Waals surface area contributed by atoms with Crippen LogP contribution in [-0.4, -0.2) is 15.6 Å². The van der Waals surface area contributed by atoms with Crippen molar-refractivity contribution in [3.63, 3.8) is 0 Å². The fraction of sp³-hybridized carbons (Fsp3) is 0.158. The summed E-state index contributed by atoms with van der Waals surface area (Å²) in [7, 11) is 0. The molecule has 0 atom stereocenters. The summed E-state index contributed by atoms with van der Waals surface area (Å²) in [6.07, 6.45) is 1.52. The molecule has 0 saturated heterocycles. The molecule has 2 aromatic carbocycles. The fourth-order valence-electron chi connectivity index (χ4n) is 2.89. The van der Waals surface area contributed by atoms with Gasteiger partial charge in [-0.15, -0.1) is 0 Å². The second-order valence-electron chi connectivity index (χ2n) is 6.28. The van der Waals surface area contributed by atoms with Gasteiger partial charge in [-0.05, 0) is 38.1 Å². The summed E-state index contributed by atoms with van der Waals surface area (Å²) in [5.74, 6) is -2.16. The standard InChI is InChI=1S/C19H13F3N2S/c1-19(2)24-16(12-6-7-13(20)15(22)18(12)25-19)11-8-10-4-3-5-14(21)17(10)23-9-11/h3-9H,1-2H3. The van der Waals surface area contributed by atoms with Crippen LogP contribution in [0.1, 0.15) is 25.0 Å². The van der Waals surface area contributed by atoms with E-state index in [0.29, 0.717) is 22.2 Å². The molecular weight excluding hydrogens is 345 g/mol. The van der Waals surface area contributed by atoms with Crippen molar-refractivity contribution in [1.82, 2.24) is 4.98 Å². The number of aliphatic imine (C=N–C) groups is 1. The summed E-state index contributed by atoms with van der Waals surface area (Å²) in [4.78, 5) is 8.44. The van der Waals surface area contributed by atoms with Crippen LogP contribution < -0.4 is 0 Å². The first-order valence-corrected chi connectivity index (χ1v) is 8.49. The maximum absolute atomic E-state index is 14.3. The van der Waals surface area contributed by atoms with E-state index in [-0.39, 0.29) is 10.4 Å². The molecule has 0 fully saturated rings. The van der Waals surface area contributed by atoms with E-state index < -0.39 is 22.3 Å². The summed E-state index contributed by atoms with van der Waals surface area (Å²) in [6, 6.07) is 9.09. The van der Waals surface area contributed by atoms with Gasteiger partial charge in [-0.1, -0.05) is 23.9 Å². The molecule has 1 aliphatic rings. The Balaban J connectivity index is 1.96. The van der Waals surface area contributed by atoms with E-state index in [4.69, 9.17) is 0 Å².